The number of hydrogen-bond donors (Lipinski definition) is 2. The monoisotopic (exact) mass is 250 g/mol. The number of amides is 1. The molecule has 0 aliphatic carbocycles. The average Bonchev–Trinajstić information content (AvgIpc) is 2.34. The molecular formula is C14H22N2O2. The van der Waals surface area contributed by atoms with Crippen LogP contribution in [0, 0.1) is 0 Å². The molecule has 0 bridgehead atoms. The highest BCUT2D eigenvalue weighted by atomic mass is 16.3. The Kier molecular flexibility index (Phi) is 4.87. The summed E-state index contributed by atoms with van der Waals surface area (Å²) in [6.45, 7) is 6.58. The van der Waals surface area contributed by atoms with Gasteiger partial charge in [0.25, 0.3) is 5.91 Å². The first kappa shape index (κ1) is 14.7. The van der Waals surface area contributed by atoms with Gasteiger partial charge in [0, 0.05) is 25.2 Å². The van der Waals surface area contributed by atoms with Gasteiger partial charge in [0.15, 0.2) is 0 Å². The van der Waals surface area contributed by atoms with Crippen LogP contribution in [0.5, 0.6) is 0 Å². The lowest BCUT2D eigenvalue weighted by molar-refractivity contribution is 0.0314. The van der Waals surface area contributed by atoms with Crippen molar-refractivity contribution < 1.29 is 9.90 Å². The molecule has 0 atom stereocenters. The van der Waals surface area contributed by atoms with Gasteiger partial charge in [-0.3, -0.25) is 4.79 Å². The van der Waals surface area contributed by atoms with Crippen molar-refractivity contribution in [3.8, 4) is 0 Å². The Labute approximate surface area is 108 Å². The molecule has 1 aromatic carbocycles. The van der Waals surface area contributed by atoms with E-state index in [4.69, 9.17) is 5.73 Å². The Balaban J connectivity index is 2.89. The molecule has 0 aromatic heterocycles. The molecule has 0 aliphatic rings. The van der Waals surface area contributed by atoms with Gasteiger partial charge in [0.05, 0.1) is 5.60 Å². The fourth-order valence-electron chi connectivity index (χ4n) is 1.81. The zero-order chi connectivity index (χ0) is 13.8. The van der Waals surface area contributed by atoms with Crippen LogP contribution in [0.1, 0.15) is 36.7 Å². The lowest BCUT2D eigenvalue weighted by Gasteiger charge is -2.28. The zero-order valence-electron chi connectivity index (χ0n) is 11.3. The van der Waals surface area contributed by atoms with Gasteiger partial charge in [-0.05, 0) is 38.5 Å². The first-order valence-electron chi connectivity index (χ1n) is 6.18. The Bertz CT molecular complexity index is 411. The molecule has 4 heteroatoms. The lowest BCUT2D eigenvalue weighted by Crippen LogP contribution is -2.42. The second-order valence-electron chi connectivity index (χ2n) is 5.04. The van der Waals surface area contributed by atoms with E-state index >= 15 is 0 Å². The first-order valence-corrected chi connectivity index (χ1v) is 6.18. The number of likely N-dealkylation sites (N-methyl/N-ethyl adjacent to an activating group) is 1. The second kappa shape index (κ2) is 5.98. The molecule has 18 heavy (non-hydrogen) atoms. The Morgan fingerprint density at radius 2 is 2.11 bits per heavy atom. The van der Waals surface area contributed by atoms with Gasteiger partial charge < -0.3 is 15.7 Å². The predicted octanol–water partition coefficient (Wildman–Crippen LogP) is 1.38. The second-order valence-corrected chi connectivity index (χ2v) is 5.04. The van der Waals surface area contributed by atoms with Crippen LogP contribution >= 0.6 is 0 Å². The van der Waals surface area contributed by atoms with Crippen LogP contribution in [0.3, 0.4) is 0 Å². The maximum atomic E-state index is 12.3. The SMILES string of the molecule is CCN(CC(C)(C)O)C(=O)c1cccc(CN)c1. The van der Waals surface area contributed by atoms with Crippen molar-refractivity contribution >= 4 is 5.91 Å². The number of nitrogens with two attached hydrogens (primary N) is 1. The third-order valence-corrected chi connectivity index (χ3v) is 2.66. The highest BCUT2D eigenvalue weighted by Crippen LogP contribution is 2.11. The molecule has 0 saturated carbocycles. The molecule has 0 aliphatic heterocycles. The molecule has 1 amide bonds. The third kappa shape index (κ3) is 4.13. The van der Waals surface area contributed by atoms with Crippen LogP contribution in [0.2, 0.25) is 0 Å². The zero-order valence-corrected chi connectivity index (χ0v) is 11.3. The van der Waals surface area contributed by atoms with E-state index in [9.17, 15) is 9.90 Å². The molecule has 0 spiro atoms. The van der Waals surface area contributed by atoms with E-state index in [0.717, 1.165) is 5.56 Å². The van der Waals surface area contributed by atoms with Crippen LogP contribution in [0.25, 0.3) is 0 Å². The summed E-state index contributed by atoms with van der Waals surface area (Å²) in [5, 5.41) is 9.80. The largest absolute Gasteiger partial charge is 0.389 e. The summed E-state index contributed by atoms with van der Waals surface area (Å²) in [4.78, 5) is 13.9. The predicted molar refractivity (Wildman–Crippen MR) is 72.2 cm³/mol. The fourth-order valence-corrected chi connectivity index (χ4v) is 1.81. The number of benzene rings is 1. The van der Waals surface area contributed by atoms with Crippen molar-refractivity contribution in [2.75, 3.05) is 13.1 Å². The third-order valence-electron chi connectivity index (χ3n) is 2.66. The molecule has 0 radical (unpaired) electrons. The molecular weight excluding hydrogens is 228 g/mol. The molecule has 0 unspecified atom stereocenters. The normalized spacial score (nSPS) is 11.4. The van der Waals surface area contributed by atoms with E-state index in [1.807, 2.05) is 19.1 Å². The average molecular weight is 250 g/mol. The topological polar surface area (TPSA) is 66.6 Å². The Morgan fingerprint density at radius 1 is 1.44 bits per heavy atom. The quantitative estimate of drug-likeness (QED) is 0.829. The molecule has 1 aromatic rings. The van der Waals surface area contributed by atoms with E-state index in [0.29, 0.717) is 25.2 Å². The highest BCUT2D eigenvalue weighted by Gasteiger charge is 2.22. The molecule has 0 heterocycles. The molecule has 0 fully saturated rings. The molecule has 100 valence electrons. The van der Waals surface area contributed by atoms with Gasteiger partial charge in [0.1, 0.15) is 0 Å². The smallest absolute Gasteiger partial charge is 0.253 e. The number of nitrogens with zero attached hydrogens (tertiary/aromatic N) is 1. The van der Waals surface area contributed by atoms with Gasteiger partial charge >= 0.3 is 0 Å². The van der Waals surface area contributed by atoms with Gasteiger partial charge in [-0.2, -0.15) is 0 Å². The number of carbonyl (C=O) groups excluding carboxylic acids is 1. The summed E-state index contributed by atoms with van der Waals surface area (Å²) in [6.07, 6.45) is 0. The van der Waals surface area contributed by atoms with E-state index in [-0.39, 0.29) is 5.91 Å². The van der Waals surface area contributed by atoms with E-state index < -0.39 is 5.60 Å². The summed E-state index contributed by atoms with van der Waals surface area (Å²) in [5.41, 5.74) is 6.22. The summed E-state index contributed by atoms with van der Waals surface area (Å²) in [5.74, 6) is -0.0741. The van der Waals surface area contributed by atoms with E-state index in [2.05, 4.69) is 0 Å². The maximum Gasteiger partial charge on any atom is 0.253 e. The molecule has 4 nitrogen and oxygen atoms in total. The minimum Gasteiger partial charge on any atom is -0.389 e. The van der Waals surface area contributed by atoms with Gasteiger partial charge in [-0.1, -0.05) is 12.1 Å². The van der Waals surface area contributed by atoms with E-state index in [1.54, 1.807) is 30.9 Å². The van der Waals surface area contributed by atoms with Crippen LogP contribution in [0.15, 0.2) is 24.3 Å². The number of carbonyl (C=O) groups is 1. The van der Waals surface area contributed by atoms with Gasteiger partial charge in [0.2, 0.25) is 0 Å². The van der Waals surface area contributed by atoms with Crippen molar-refractivity contribution in [3.05, 3.63) is 35.4 Å². The number of aliphatic hydroxyl groups is 1. The minimum atomic E-state index is -0.892. The van der Waals surface area contributed by atoms with Crippen LogP contribution < -0.4 is 5.73 Å². The van der Waals surface area contributed by atoms with Crippen LogP contribution in [-0.4, -0.2) is 34.6 Å². The van der Waals surface area contributed by atoms with Gasteiger partial charge in [-0.15, -0.1) is 0 Å². The van der Waals surface area contributed by atoms with Gasteiger partial charge in [-0.25, -0.2) is 0 Å². The minimum absolute atomic E-state index is 0.0741. The van der Waals surface area contributed by atoms with Crippen molar-refractivity contribution in [1.29, 1.82) is 0 Å². The number of hydrogen-bond acceptors (Lipinski definition) is 3. The lowest BCUT2D eigenvalue weighted by atomic mass is 10.1. The Morgan fingerprint density at radius 3 is 2.61 bits per heavy atom. The summed E-state index contributed by atoms with van der Waals surface area (Å²) < 4.78 is 0. The van der Waals surface area contributed by atoms with E-state index in [1.165, 1.54) is 0 Å². The molecule has 0 saturated heterocycles. The Hall–Kier alpha value is -1.39. The van der Waals surface area contributed by atoms with Crippen LogP contribution in [-0.2, 0) is 6.54 Å². The molecule has 1 rings (SSSR count). The van der Waals surface area contributed by atoms with Crippen molar-refractivity contribution in [2.24, 2.45) is 5.73 Å². The number of rotatable bonds is 5. The van der Waals surface area contributed by atoms with Crippen molar-refractivity contribution in [1.82, 2.24) is 4.90 Å². The highest BCUT2D eigenvalue weighted by molar-refractivity contribution is 5.94. The molecule has 3 N–H and O–H groups in total. The summed E-state index contributed by atoms with van der Waals surface area (Å²) in [6, 6.07) is 7.29. The van der Waals surface area contributed by atoms with Crippen LogP contribution in [0.4, 0.5) is 0 Å². The maximum absolute atomic E-state index is 12.3. The summed E-state index contributed by atoms with van der Waals surface area (Å²) >= 11 is 0. The standard InChI is InChI=1S/C14H22N2O2/c1-4-16(10-14(2,3)18)13(17)12-7-5-6-11(8-12)9-15/h5-8,18H,4,9-10,15H2,1-3H3. The fraction of sp³-hybridized carbons (Fsp3) is 0.500. The summed E-state index contributed by atoms with van der Waals surface area (Å²) in [7, 11) is 0. The van der Waals surface area contributed by atoms with Crippen molar-refractivity contribution in [3.63, 3.8) is 0 Å². The van der Waals surface area contributed by atoms with Crippen molar-refractivity contribution in [2.45, 2.75) is 32.9 Å². The first-order chi connectivity index (χ1) is 8.37.